The first kappa shape index (κ1) is 30.1. The molecule has 3 rings (SSSR count). The average molecular weight is 699 g/mol. The Balaban J connectivity index is 1.66. The minimum Gasteiger partial charge on any atom is -0.858 e. The van der Waals surface area contributed by atoms with Crippen LogP contribution in [-0.2, 0) is 24.9 Å². The van der Waals surface area contributed by atoms with Crippen LogP contribution >= 0.6 is 22.6 Å². The van der Waals surface area contributed by atoms with E-state index in [4.69, 9.17) is 9.47 Å². The van der Waals surface area contributed by atoms with Crippen molar-refractivity contribution in [3.05, 3.63) is 75.9 Å². The third kappa shape index (κ3) is 8.53. The highest BCUT2D eigenvalue weighted by Gasteiger charge is 2.33. The third-order valence-corrected chi connectivity index (χ3v) is 7.87. The predicted octanol–water partition coefficient (Wildman–Crippen LogP) is 2.57. The van der Waals surface area contributed by atoms with E-state index < -0.39 is 60.5 Å². The zero-order valence-electron chi connectivity index (χ0n) is 18.9. The van der Waals surface area contributed by atoms with E-state index in [0.717, 1.165) is 54.6 Å². The zero-order chi connectivity index (χ0) is 29.0. The molecule has 0 aromatic heterocycles. The Labute approximate surface area is 232 Å². The van der Waals surface area contributed by atoms with Gasteiger partial charge in [0, 0.05) is 9.47 Å². The zero-order valence-corrected chi connectivity index (χ0v) is 22.7. The first-order valence-corrected chi connectivity index (χ1v) is 14.0. The lowest BCUT2D eigenvalue weighted by Crippen LogP contribution is -2.22. The number of hydrogen-bond acceptors (Lipinski definition) is 10. The van der Waals surface area contributed by atoms with Crippen molar-refractivity contribution in [2.45, 2.75) is 16.2 Å². The van der Waals surface area contributed by atoms with E-state index in [1.54, 1.807) is 22.6 Å². The summed E-state index contributed by atoms with van der Waals surface area (Å²) in [4.78, 5) is 10.6. The molecule has 3 aromatic rings. The van der Waals surface area contributed by atoms with Gasteiger partial charge in [-0.3, -0.25) is 0 Å². The Kier molecular flexibility index (Phi) is 9.08. The second-order valence-electron chi connectivity index (χ2n) is 7.20. The molecule has 0 spiro atoms. The monoisotopic (exact) mass is 699 g/mol. The molecule has 0 saturated carbocycles. The fraction of sp³-hybridized carbons (Fsp3) is 0.0909. The molecule has 0 bridgehead atoms. The second-order valence-corrected chi connectivity index (χ2v) is 11.3. The highest BCUT2D eigenvalue weighted by Crippen LogP contribution is 2.30. The van der Waals surface area contributed by atoms with Crippen LogP contribution in [0.15, 0.2) is 80.9 Å². The molecule has 0 aliphatic rings. The number of carbonyl (C=O) groups excluding carboxylic acids is 1. The molecule has 39 heavy (non-hydrogen) atoms. The van der Waals surface area contributed by atoms with Crippen LogP contribution < -0.4 is 19.3 Å². The molecule has 0 heterocycles. The molecule has 0 aliphatic carbocycles. The van der Waals surface area contributed by atoms with Crippen LogP contribution in [0.2, 0.25) is 0 Å². The molecule has 0 fully saturated rings. The number of halogens is 4. The lowest BCUT2D eigenvalue weighted by atomic mass is 10.2. The molecular formula is C22H13F3INO10S2-2. The molecule has 0 saturated heterocycles. The summed E-state index contributed by atoms with van der Waals surface area (Å²) >= 11 is 1.61. The molecule has 0 atom stereocenters. The predicted molar refractivity (Wildman–Crippen MR) is 132 cm³/mol. The van der Waals surface area contributed by atoms with E-state index in [0.29, 0.717) is 0 Å². The maximum Gasteiger partial charge on any atom is 0.573 e. The van der Waals surface area contributed by atoms with Crippen LogP contribution in [0.25, 0.3) is 0 Å². The molecule has 17 heteroatoms. The van der Waals surface area contributed by atoms with Crippen molar-refractivity contribution in [3.8, 4) is 17.2 Å². The highest BCUT2D eigenvalue weighted by molar-refractivity contribution is 14.1. The van der Waals surface area contributed by atoms with Crippen molar-refractivity contribution in [1.29, 1.82) is 0 Å². The maximum atomic E-state index is 12.6. The van der Waals surface area contributed by atoms with E-state index in [-0.39, 0.29) is 20.6 Å². The maximum absolute atomic E-state index is 12.6. The number of ether oxygens (including phenoxy) is 3. The van der Waals surface area contributed by atoms with E-state index >= 15 is 0 Å². The SMILES string of the molecule is O=C(COc1ccc(S(=O)(=O)[O-])c(I)c1)Oc1ccc(/C([O-])=N/S(=O)(=O)c2ccccc2OC(F)(F)F)cc1. The second kappa shape index (κ2) is 11.8. The lowest BCUT2D eigenvalue weighted by molar-refractivity contribution is -0.275. The van der Waals surface area contributed by atoms with E-state index in [9.17, 15) is 44.5 Å². The van der Waals surface area contributed by atoms with Gasteiger partial charge in [0.1, 0.15) is 32.3 Å². The molecule has 0 N–H and O–H groups in total. The van der Waals surface area contributed by atoms with E-state index in [1.807, 2.05) is 0 Å². The Bertz CT molecular complexity index is 1620. The summed E-state index contributed by atoms with van der Waals surface area (Å²) in [6.45, 7) is -0.618. The van der Waals surface area contributed by atoms with Gasteiger partial charge in [-0.05, 0) is 70.6 Å². The van der Waals surface area contributed by atoms with Crippen molar-refractivity contribution in [2.24, 2.45) is 4.40 Å². The van der Waals surface area contributed by atoms with E-state index in [1.165, 1.54) is 12.1 Å². The molecule has 0 radical (unpaired) electrons. The van der Waals surface area contributed by atoms with Crippen LogP contribution in [-0.4, -0.2) is 46.2 Å². The van der Waals surface area contributed by atoms with Crippen molar-refractivity contribution in [3.63, 3.8) is 0 Å². The van der Waals surface area contributed by atoms with Gasteiger partial charge in [-0.15, -0.1) is 13.2 Å². The van der Waals surface area contributed by atoms with Crippen LogP contribution in [0.4, 0.5) is 13.2 Å². The van der Waals surface area contributed by atoms with Gasteiger partial charge in [0.2, 0.25) is 0 Å². The smallest absolute Gasteiger partial charge is 0.573 e. The van der Waals surface area contributed by atoms with Gasteiger partial charge in [-0.25, -0.2) is 13.2 Å². The van der Waals surface area contributed by atoms with Gasteiger partial charge in [0.05, 0.1) is 4.90 Å². The number of carbonyl (C=O) groups is 1. The molecule has 0 unspecified atom stereocenters. The number of alkyl halides is 3. The quantitative estimate of drug-likeness (QED) is 0.0808. The normalized spacial score (nSPS) is 12.6. The first-order valence-electron chi connectivity index (χ1n) is 10.1. The fourth-order valence-corrected chi connectivity index (χ4v) is 5.69. The third-order valence-electron chi connectivity index (χ3n) is 4.42. The number of sulfonamides is 1. The molecule has 208 valence electrons. The van der Waals surface area contributed by atoms with Crippen LogP contribution in [0.1, 0.15) is 5.56 Å². The number of hydrogen-bond donors (Lipinski definition) is 0. The molecule has 0 aliphatic heterocycles. The summed E-state index contributed by atoms with van der Waals surface area (Å²) in [6.07, 6.45) is -5.18. The number of esters is 1. The molecule has 11 nitrogen and oxygen atoms in total. The summed E-state index contributed by atoms with van der Waals surface area (Å²) in [5, 5.41) is 12.3. The van der Waals surface area contributed by atoms with E-state index in [2.05, 4.69) is 9.13 Å². The standard InChI is InChI=1S/C22H15F3INO10S2/c23-22(24,25)37-17-3-1-2-4-19(17)38(30,31)27-21(29)13-5-7-14(8-6-13)36-20(28)12-35-15-9-10-18(16(26)11-15)39(32,33)34/h1-11H,12H2,(H,27,29)(H,32,33,34)/p-2. The van der Waals surface area contributed by atoms with Gasteiger partial charge < -0.3 is 23.9 Å². The van der Waals surface area contributed by atoms with Crippen LogP contribution in [0.3, 0.4) is 0 Å². The van der Waals surface area contributed by atoms with Crippen molar-refractivity contribution >= 4 is 54.6 Å². The summed E-state index contributed by atoms with van der Waals surface area (Å²) < 4.78 is 113. The summed E-state index contributed by atoms with van der Waals surface area (Å²) in [5.41, 5.74) is -0.285. The minimum atomic E-state index is -5.18. The summed E-state index contributed by atoms with van der Waals surface area (Å²) in [6, 6.07) is 11.6. The van der Waals surface area contributed by atoms with Gasteiger partial charge in [0.25, 0.3) is 10.0 Å². The van der Waals surface area contributed by atoms with Crippen LogP contribution in [0.5, 0.6) is 17.2 Å². The fourth-order valence-electron chi connectivity index (χ4n) is 2.83. The number of para-hydroxylation sites is 1. The number of nitrogens with zero attached hydrogens (tertiary/aromatic N) is 1. The minimum absolute atomic E-state index is 0.0747. The topological polar surface area (TPSA) is 172 Å². The van der Waals surface area contributed by atoms with Gasteiger partial charge in [-0.1, -0.05) is 24.3 Å². The first-order chi connectivity index (χ1) is 18.0. The largest absolute Gasteiger partial charge is 0.858 e. The molecule has 0 amide bonds. The number of rotatable bonds is 9. The Hall–Kier alpha value is -3.42. The molecular weight excluding hydrogens is 686 g/mol. The Morgan fingerprint density at radius 3 is 2.13 bits per heavy atom. The van der Waals surface area contributed by atoms with Gasteiger partial charge >= 0.3 is 12.3 Å². The number of benzene rings is 3. The van der Waals surface area contributed by atoms with Gasteiger partial charge in [-0.2, -0.15) is 12.8 Å². The Morgan fingerprint density at radius 2 is 1.54 bits per heavy atom. The van der Waals surface area contributed by atoms with Crippen molar-refractivity contribution < 1.29 is 58.7 Å². The van der Waals surface area contributed by atoms with Crippen LogP contribution in [0, 0.1) is 3.57 Å². The average Bonchev–Trinajstić information content (AvgIpc) is 2.81. The Morgan fingerprint density at radius 1 is 0.923 bits per heavy atom. The highest BCUT2D eigenvalue weighted by atomic mass is 127. The molecule has 3 aromatic carbocycles. The van der Waals surface area contributed by atoms with Gasteiger partial charge in [0.15, 0.2) is 6.61 Å². The summed E-state index contributed by atoms with van der Waals surface area (Å²) in [7, 11) is -9.57. The van der Waals surface area contributed by atoms with Crippen molar-refractivity contribution in [2.75, 3.05) is 6.61 Å². The van der Waals surface area contributed by atoms with Crippen molar-refractivity contribution in [1.82, 2.24) is 0 Å². The summed E-state index contributed by atoms with van der Waals surface area (Å²) in [5.74, 6) is -3.27. The lowest BCUT2D eigenvalue weighted by Gasteiger charge is -2.14.